The summed E-state index contributed by atoms with van der Waals surface area (Å²) in [5.41, 5.74) is 0. The van der Waals surface area contributed by atoms with Gasteiger partial charge in [-0.1, -0.05) is 26.7 Å². The van der Waals surface area contributed by atoms with Crippen molar-refractivity contribution < 1.29 is 43.9 Å². The van der Waals surface area contributed by atoms with Crippen LogP contribution in [0.3, 0.4) is 0 Å². The van der Waals surface area contributed by atoms with E-state index in [2.05, 4.69) is 33.9 Å². The molecular formula is C18H30O9. The summed E-state index contributed by atoms with van der Waals surface area (Å²) in [6.07, 6.45) is 2.61. The van der Waals surface area contributed by atoms with Crippen LogP contribution in [-0.2, 0) is 28.6 Å². The molecule has 0 amide bonds. The van der Waals surface area contributed by atoms with Gasteiger partial charge in [-0.2, -0.15) is 0 Å². The van der Waals surface area contributed by atoms with Gasteiger partial charge >= 0.3 is 17.9 Å². The van der Waals surface area contributed by atoms with E-state index in [1.807, 2.05) is 6.92 Å². The largest absolute Gasteiger partial charge is 0.460 e. The van der Waals surface area contributed by atoms with E-state index >= 15 is 0 Å². The number of rotatable bonds is 10. The van der Waals surface area contributed by atoms with E-state index in [-0.39, 0.29) is 26.4 Å². The zero-order valence-electron chi connectivity index (χ0n) is 15.8. The molecule has 156 valence electrons. The predicted molar refractivity (Wildman–Crippen MR) is 98.5 cm³/mol. The minimum Gasteiger partial charge on any atom is -0.460 e. The van der Waals surface area contributed by atoms with Crippen LogP contribution in [0.2, 0.25) is 0 Å². The van der Waals surface area contributed by atoms with Crippen molar-refractivity contribution in [3.63, 3.8) is 0 Å². The molecule has 0 aliphatic rings. The SMILES string of the molecule is C=CC(=O)OCC(C)O.C=CC(=O)OCC(O)CC.C=CC(=O)OCCO. The molecule has 0 rings (SSSR count). The topological polar surface area (TPSA) is 140 Å². The molecule has 0 aromatic carbocycles. The van der Waals surface area contributed by atoms with Crippen LogP contribution in [0, 0.1) is 0 Å². The summed E-state index contributed by atoms with van der Waals surface area (Å²) >= 11 is 0. The molecule has 3 N–H and O–H groups in total. The maximum absolute atomic E-state index is 10.4. The van der Waals surface area contributed by atoms with Gasteiger partial charge in [0.25, 0.3) is 0 Å². The molecule has 9 nitrogen and oxygen atoms in total. The second kappa shape index (κ2) is 21.6. The first-order valence-corrected chi connectivity index (χ1v) is 8.02. The minimum absolute atomic E-state index is 0.0326. The monoisotopic (exact) mass is 390 g/mol. The van der Waals surface area contributed by atoms with Crippen LogP contribution in [0.15, 0.2) is 38.0 Å². The molecule has 0 aromatic heterocycles. The van der Waals surface area contributed by atoms with Crippen molar-refractivity contribution in [2.45, 2.75) is 32.5 Å². The molecule has 0 fully saturated rings. The van der Waals surface area contributed by atoms with Gasteiger partial charge in [0.2, 0.25) is 0 Å². The first-order valence-electron chi connectivity index (χ1n) is 8.02. The Balaban J connectivity index is -0.000000322. The van der Waals surface area contributed by atoms with Gasteiger partial charge in [0.1, 0.15) is 19.8 Å². The lowest BCUT2D eigenvalue weighted by Gasteiger charge is -2.05. The molecule has 0 heterocycles. The van der Waals surface area contributed by atoms with Gasteiger partial charge in [0.15, 0.2) is 0 Å². The summed E-state index contributed by atoms with van der Waals surface area (Å²) in [5.74, 6) is -1.50. The Bertz CT molecular complexity index is 444. The predicted octanol–water partition coefficient (Wildman–Crippen LogP) is 0.291. The molecule has 0 aromatic rings. The molecule has 2 atom stereocenters. The van der Waals surface area contributed by atoms with Crippen LogP contribution in [0.25, 0.3) is 0 Å². The first-order chi connectivity index (χ1) is 12.7. The van der Waals surface area contributed by atoms with Crippen molar-refractivity contribution in [3.05, 3.63) is 38.0 Å². The van der Waals surface area contributed by atoms with Gasteiger partial charge in [-0.25, -0.2) is 14.4 Å². The fourth-order valence-corrected chi connectivity index (χ4v) is 0.822. The summed E-state index contributed by atoms with van der Waals surface area (Å²) in [7, 11) is 0. The third-order valence-electron chi connectivity index (χ3n) is 2.19. The van der Waals surface area contributed by atoms with Crippen LogP contribution in [-0.4, -0.2) is 71.9 Å². The number of hydrogen-bond acceptors (Lipinski definition) is 9. The molecule has 0 saturated heterocycles. The molecule has 0 bridgehead atoms. The zero-order chi connectivity index (χ0) is 21.7. The molecule has 0 aliphatic heterocycles. The molecule has 0 radical (unpaired) electrons. The highest BCUT2D eigenvalue weighted by molar-refractivity contribution is 5.81. The minimum atomic E-state index is -0.603. The standard InChI is InChI=1S/C7H12O3.C6H10O3.C5H8O3/c1-3-6(8)5-10-7(9)4-2;1-3-6(8)9-4-5(2)7;1-2-5(7)8-4-3-6/h4,6,8H,2-3,5H2,1H3;3,5,7H,1,4H2,2H3;2,6H,1,3-4H2. The van der Waals surface area contributed by atoms with Crippen LogP contribution in [0.1, 0.15) is 20.3 Å². The molecule has 9 heteroatoms. The second-order valence-electron chi connectivity index (χ2n) is 4.67. The maximum Gasteiger partial charge on any atom is 0.330 e. The fourth-order valence-electron chi connectivity index (χ4n) is 0.822. The van der Waals surface area contributed by atoms with E-state index in [0.717, 1.165) is 18.2 Å². The molecule has 0 aliphatic carbocycles. The van der Waals surface area contributed by atoms with Crippen LogP contribution < -0.4 is 0 Å². The lowest BCUT2D eigenvalue weighted by molar-refractivity contribution is -0.141. The van der Waals surface area contributed by atoms with E-state index in [0.29, 0.717) is 6.42 Å². The fraction of sp³-hybridized carbons (Fsp3) is 0.500. The van der Waals surface area contributed by atoms with Gasteiger partial charge < -0.3 is 29.5 Å². The van der Waals surface area contributed by atoms with Crippen molar-refractivity contribution in [1.29, 1.82) is 0 Å². The Hall–Kier alpha value is -2.49. The number of hydrogen-bond donors (Lipinski definition) is 3. The summed E-state index contributed by atoms with van der Waals surface area (Å²) in [6, 6.07) is 0. The summed E-state index contributed by atoms with van der Waals surface area (Å²) in [4.78, 5) is 30.8. The highest BCUT2D eigenvalue weighted by Gasteiger charge is 2.02. The Morgan fingerprint density at radius 3 is 1.63 bits per heavy atom. The second-order valence-corrected chi connectivity index (χ2v) is 4.67. The normalized spacial score (nSPS) is 11.0. The number of esters is 3. The lowest BCUT2D eigenvalue weighted by Crippen LogP contribution is -2.16. The van der Waals surface area contributed by atoms with Crippen molar-refractivity contribution in [1.82, 2.24) is 0 Å². The molecule has 0 saturated carbocycles. The van der Waals surface area contributed by atoms with Crippen molar-refractivity contribution in [3.8, 4) is 0 Å². The third-order valence-corrected chi connectivity index (χ3v) is 2.19. The average molecular weight is 390 g/mol. The van der Waals surface area contributed by atoms with Crippen LogP contribution in [0.5, 0.6) is 0 Å². The quantitative estimate of drug-likeness (QED) is 0.273. The van der Waals surface area contributed by atoms with E-state index in [4.69, 9.17) is 15.3 Å². The van der Waals surface area contributed by atoms with Crippen LogP contribution >= 0.6 is 0 Å². The average Bonchev–Trinajstić information content (AvgIpc) is 2.68. The van der Waals surface area contributed by atoms with E-state index in [1.165, 1.54) is 6.92 Å². The van der Waals surface area contributed by atoms with Gasteiger partial charge in [-0.3, -0.25) is 0 Å². The number of ether oxygens (including phenoxy) is 3. The van der Waals surface area contributed by atoms with Crippen molar-refractivity contribution in [2.75, 3.05) is 26.4 Å². The van der Waals surface area contributed by atoms with Gasteiger partial charge in [-0.05, 0) is 13.3 Å². The lowest BCUT2D eigenvalue weighted by atomic mass is 10.3. The highest BCUT2D eigenvalue weighted by Crippen LogP contribution is 1.91. The first kappa shape index (κ1) is 29.3. The van der Waals surface area contributed by atoms with Crippen molar-refractivity contribution >= 4 is 17.9 Å². The van der Waals surface area contributed by atoms with Gasteiger partial charge in [0, 0.05) is 18.2 Å². The van der Waals surface area contributed by atoms with Gasteiger partial charge in [0.05, 0.1) is 18.8 Å². The van der Waals surface area contributed by atoms with Crippen LogP contribution in [0.4, 0.5) is 0 Å². The molecule has 2 unspecified atom stereocenters. The zero-order valence-corrected chi connectivity index (χ0v) is 15.8. The Labute approximate surface area is 159 Å². The van der Waals surface area contributed by atoms with E-state index in [9.17, 15) is 14.4 Å². The summed E-state index contributed by atoms with van der Waals surface area (Å²) < 4.78 is 13.3. The smallest absolute Gasteiger partial charge is 0.330 e. The van der Waals surface area contributed by atoms with Gasteiger partial charge in [-0.15, -0.1) is 0 Å². The van der Waals surface area contributed by atoms with E-state index in [1.54, 1.807) is 0 Å². The maximum atomic E-state index is 10.4. The van der Waals surface area contributed by atoms with E-state index < -0.39 is 30.1 Å². The number of carbonyl (C=O) groups is 3. The van der Waals surface area contributed by atoms with Crippen molar-refractivity contribution in [2.24, 2.45) is 0 Å². The number of carbonyl (C=O) groups excluding carboxylic acids is 3. The highest BCUT2D eigenvalue weighted by atomic mass is 16.5. The Kier molecular flexibility index (Phi) is 23.4. The Morgan fingerprint density at radius 2 is 1.30 bits per heavy atom. The number of aliphatic hydroxyl groups is 3. The third kappa shape index (κ3) is 28.6. The number of aliphatic hydroxyl groups excluding tert-OH is 3. The summed E-state index contributed by atoms with van der Waals surface area (Å²) in [5, 5.41) is 25.6. The molecular weight excluding hydrogens is 360 g/mol. The molecule has 0 spiro atoms. The summed E-state index contributed by atoms with van der Waals surface area (Å²) in [6.45, 7) is 12.9. The molecule has 27 heavy (non-hydrogen) atoms. The Morgan fingerprint density at radius 1 is 0.889 bits per heavy atom.